The Bertz CT molecular complexity index is 1210. The van der Waals surface area contributed by atoms with Gasteiger partial charge in [-0.2, -0.15) is 0 Å². The molecule has 0 bridgehead atoms. The summed E-state index contributed by atoms with van der Waals surface area (Å²) in [5.41, 5.74) is 0. The van der Waals surface area contributed by atoms with Crippen LogP contribution >= 0.6 is 0 Å². The van der Waals surface area contributed by atoms with Gasteiger partial charge in [0.2, 0.25) is 5.91 Å². The number of aliphatic hydroxyl groups excluding tert-OH is 7. The molecule has 1 aliphatic rings. The number of ether oxygens (including phenoxy) is 2. The molecule has 1 amide bonds. The molecular formula is C63H123NO10. The Kier molecular flexibility index (Phi) is 50.3. The third-order valence-electron chi connectivity index (χ3n) is 15.8. The number of hydrogen-bond acceptors (Lipinski definition) is 10. The SMILES string of the molecule is CCCCCCCCCCCCCCC/C=C/CCCC(O)C(O)C(COC1OC(CO)C(O)C(O)C1O)NC(=O)C(O)CCCCCCCCCCCCCCCCCCCCCCCCCCCCCCC. The van der Waals surface area contributed by atoms with E-state index < -0.39 is 74.2 Å². The zero-order chi connectivity index (χ0) is 54.0. The van der Waals surface area contributed by atoms with Gasteiger partial charge in [-0.25, -0.2) is 0 Å². The zero-order valence-corrected chi connectivity index (χ0v) is 48.4. The molecule has 74 heavy (non-hydrogen) atoms. The minimum absolute atomic E-state index is 0.260. The fourth-order valence-corrected chi connectivity index (χ4v) is 10.6. The van der Waals surface area contributed by atoms with Gasteiger partial charge < -0.3 is 50.5 Å². The topological polar surface area (TPSA) is 189 Å². The van der Waals surface area contributed by atoms with Crippen LogP contribution in [0, 0.1) is 0 Å². The highest BCUT2D eigenvalue weighted by Crippen LogP contribution is 2.24. The first-order valence-corrected chi connectivity index (χ1v) is 32.1. The molecule has 0 radical (unpaired) electrons. The first-order valence-electron chi connectivity index (χ1n) is 32.1. The molecule has 0 aromatic carbocycles. The fourth-order valence-electron chi connectivity index (χ4n) is 10.6. The molecule has 1 fully saturated rings. The van der Waals surface area contributed by atoms with Crippen LogP contribution in [0.4, 0.5) is 0 Å². The normalized spacial score (nSPS) is 19.8. The quantitative estimate of drug-likeness (QED) is 0.0215. The number of amides is 1. The lowest BCUT2D eigenvalue weighted by molar-refractivity contribution is -0.303. The van der Waals surface area contributed by atoms with Crippen LogP contribution in [0.3, 0.4) is 0 Å². The Labute approximate surface area is 455 Å². The van der Waals surface area contributed by atoms with Crippen molar-refractivity contribution in [2.45, 2.75) is 371 Å². The summed E-state index contributed by atoms with van der Waals surface area (Å²) in [6.07, 6.45) is 51.5. The molecule has 9 unspecified atom stereocenters. The minimum Gasteiger partial charge on any atom is -0.394 e. The van der Waals surface area contributed by atoms with Crippen molar-refractivity contribution >= 4 is 5.91 Å². The summed E-state index contributed by atoms with van der Waals surface area (Å²) in [4.78, 5) is 13.2. The predicted molar refractivity (Wildman–Crippen MR) is 307 cm³/mol. The molecule has 1 saturated heterocycles. The lowest BCUT2D eigenvalue weighted by atomic mass is 9.98. The van der Waals surface area contributed by atoms with Gasteiger partial charge in [-0.05, 0) is 38.5 Å². The summed E-state index contributed by atoms with van der Waals surface area (Å²) in [5, 5.41) is 76.2. The van der Waals surface area contributed by atoms with Crippen molar-refractivity contribution in [3.63, 3.8) is 0 Å². The van der Waals surface area contributed by atoms with E-state index in [1.54, 1.807) is 0 Å². The van der Waals surface area contributed by atoms with Gasteiger partial charge in [0.25, 0.3) is 0 Å². The second-order valence-corrected chi connectivity index (χ2v) is 22.8. The van der Waals surface area contributed by atoms with Gasteiger partial charge >= 0.3 is 0 Å². The Balaban J connectivity index is 2.22. The number of carbonyl (C=O) groups is 1. The van der Waals surface area contributed by atoms with E-state index in [-0.39, 0.29) is 12.8 Å². The Morgan fingerprint density at radius 1 is 0.459 bits per heavy atom. The van der Waals surface area contributed by atoms with Crippen molar-refractivity contribution in [1.29, 1.82) is 0 Å². The highest BCUT2D eigenvalue weighted by atomic mass is 16.7. The second kappa shape index (κ2) is 52.5. The zero-order valence-electron chi connectivity index (χ0n) is 48.4. The summed E-state index contributed by atoms with van der Waals surface area (Å²) < 4.78 is 11.2. The van der Waals surface area contributed by atoms with Crippen LogP contribution in [0.2, 0.25) is 0 Å². The van der Waals surface area contributed by atoms with Gasteiger partial charge in [0.05, 0.1) is 25.4 Å². The predicted octanol–water partition coefficient (Wildman–Crippen LogP) is 14.3. The first kappa shape index (κ1) is 70.9. The molecule has 0 aliphatic carbocycles. The smallest absolute Gasteiger partial charge is 0.249 e. The third-order valence-corrected chi connectivity index (χ3v) is 15.8. The molecule has 0 aromatic heterocycles. The van der Waals surface area contributed by atoms with E-state index in [1.807, 2.05) is 0 Å². The maximum atomic E-state index is 13.2. The van der Waals surface area contributed by atoms with Crippen LogP contribution in [-0.2, 0) is 14.3 Å². The lowest BCUT2D eigenvalue weighted by Crippen LogP contribution is -2.60. The Morgan fingerprint density at radius 2 is 0.797 bits per heavy atom. The molecule has 0 saturated carbocycles. The Morgan fingerprint density at radius 3 is 1.16 bits per heavy atom. The number of hydrogen-bond donors (Lipinski definition) is 8. The monoisotopic (exact) mass is 1050 g/mol. The Hall–Kier alpha value is -1.15. The van der Waals surface area contributed by atoms with Crippen LogP contribution in [0.1, 0.15) is 316 Å². The van der Waals surface area contributed by atoms with Gasteiger partial charge in [-0.1, -0.05) is 289 Å². The van der Waals surface area contributed by atoms with E-state index in [1.165, 1.54) is 238 Å². The largest absolute Gasteiger partial charge is 0.394 e. The van der Waals surface area contributed by atoms with Gasteiger partial charge in [0.15, 0.2) is 6.29 Å². The molecule has 1 heterocycles. The molecule has 11 heteroatoms. The van der Waals surface area contributed by atoms with Crippen LogP contribution in [0.15, 0.2) is 12.2 Å². The number of unbranched alkanes of at least 4 members (excludes halogenated alkanes) is 42. The van der Waals surface area contributed by atoms with E-state index >= 15 is 0 Å². The van der Waals surface area contributed by atoms with E-state index in [0.717, 1.165) is 38.5 Å². The average Bonchev–Trinajstić information content (AvgIpc) is 3.40. The van der Waals surface area contributed by atoms with Crippen molar-refractivity contribution in [3.05, 3.63) is 12.2 Å². The van der Waals surface area contributed by atoms with Crippen LogP contribution in [0.25, 0.3) is 0 Å². The maximum Gasteiger partial charge on any atom is 0.249 e. The fraction of sp³-hybridized carbons (Fsp3) is 0.952. The first-order chi connectivity index (χ1) is 36.2. The number of nitrogens with one attached hydrogen (secondary N) is 1. The molecule has 0 aromatic rings. The van der Waals surface area contributed by atoms with Crippen LogP contribution in [-0.4, -0.2) is 110 Å². The van der Waals surface area contributed by atoms with Crippen molar-refractivity contribution in [2.24, 2.45) is 0 Å². The van der Waals surface area contributed by atoms with Gasteiger partial charge in [-0.15, -0.1) is 0 Å². The molecule has 9 atom stereocenters. The lowest BCUT2D eigenvalue weighted by Gasteiger charge is -2.40. The number of rotatable bonds is 56. The maximum absolute atomic E-state index is 13.2. The average molecular weight is 1050 g/mol. The summed E-state index contributed by atoms with van der Waals surface area (Å²) in [6, 6.07) is -1.18. The van der Waals surface area contributed by atoms with Crippen LogP contribution < -0.4 is 5.32 Å². The van der Waals surface area contributed by atoms with E-state index in [4.69, 9.17) is 9.47 Å². The summed E-state index contributed by atoms with van der Waals surface area (Å²) in [7, 11) is 0. The highest BCUT2D eigenvalue weighted by Gasteiger charge is 2.44. The van der Waals surface area contributed by atoms with E-state index in [2.05, 4.69) is 31.3 Å². The molecule has 1 aliphatic heterocycles. The van der Waals surface area contributed by atoms with Crippen molar-refractivity contribution in [2.75, 3.05) is 13.2 Å². The minimum atomic E-state index is -1.67. The summed E-state index contributed by atoms with van der Waals surface area (Å²) in [5.74, 6) is -0.699. The van der Waals surface area contributed by atoms with E-state index in [9.17, 15) is 40.5 Å². The third kappa shape index (κ3) is 40.1. The van der Waals surface area contributed by atoms with Gasteiger partial charge in [0, 0.05) is 0 Å². The number of aliphatic hydroxyl groups is 7. The molecule has 440 valence electrons. The molecule has 0 spiro atoms. The molecule has 8 N–H and O–H groups in total. The van der Waals surface area contributed by atoms with Crippen molar-refractivity contribution in [1.82, 2.24) is 5.32 Å². The standard InChI is InChI=1S/C63H123NO10/c1-3-5-7-9-11-13-15-17-19-21-23-24-25-26-27-28-29-30-31-32-33-35-37-39-41-43-45-47-49-51-56(67)62(72)64-54(53-73-63-61(71)60(70)59(69)57(52-65)74-63)58(68)55(66)50-48-46-44-42-40-38-36-34-22-20-18-16-14-12-10-8-6-4-2/h42,44,54-61,63,65-71H,3-41,43,45-53H2,1-2H3,(H,64,72)/b44-42+. The molecule has 11 nitrogen and oxygen atoms in total. The van der Waals surface area contributed by atoms with Crippen LogP contribution in [0.5, 0.6) is 0 Å². The molecular weight excluding hydrogens is 931 g/mol. The van der Waals surface area contributed by atoms with E-state index in [0.29, 0.717) is 12.8 Å². The molecule has 1 rings (SSSR count). The van der Waals surface area contributed by atoms with Gasteiger partial charge in [-0.3, -0.25) is 4.79 Å². The van der Waals surface area contributed by atoms with Crippen molar-refractivity contribution in [3.8, 4) is 0 Å². The number of carbonyl (C=O) groups excluding carboxylic acids is 1. The second-order valence-electron chi connectivity index (χ2n) is 22.8. The van der Waals surface area contributed by atoms with Crippen molar-refractivity contribution < 1.29 is 50.0 Å². The highest BCUT2D eigenvalue weighted by molar-refractivity contribution is 5.80. The summed E-state index contributed by atoms with van der Waals surface area (Å²) >= 11 is 0. The number of allylic oxidation sites excluding steroid dienone is 2. The summed E-state index contributed by atoms with van der Waals surface area (Å²) in [6.45, 7) is 3.49. The van der Waals surface area contributed by atoms with Gasteiger partial charge in [0.1, 0.15) is 36.6 Å².